The Morgan fingerprint density at radius 3 is 2.26 bits per heavy atom. The predicted molar refractivity (Wildman–Crippen MR) is 88.9 cm³/mol. The van der Waals surface area contributed by atoms with Crippen molar-refractivity contribution in [3.8, 4) is 5.75 Å². The van der Waals surface area contributed by atoms with Gasteiger partial charge < -0.3 is 10.1 Å². The van der Waals surface area contributed by atoms with Crippen LogP contribution < -0.4 is 10.1 Å². The third-order valence-corrected chi connectivity index (χ3v) is 4.23. The number of unbranched alkanes of at least 4 members (excludes halogenated alkanes) is 4. The first-order chi connectivity index (χ1) is 9.19. The van der Waals surface area contributed by atoms with Gasteiger partial charge in [0.2, 0.25) is 0 Å². The molecule has 1 aromatic rings. The van der Waals surface area contributed by atoms with Crippen LogP contribution in [-0.4, -0.2) is 13.7 Å². The average molecular weight is 393 g/mol. The van der Waals surface area contributed by atoms with Crippen molar-refractivity contribution in [1.82, 2.24) is 5.32 Å². The van der Waals surface area contributed by atoms with Gasteiger partial charge in [-0.05, 0) is 62.5 Å². The maximum atomic E-state index is 5.30. The van der Waals surface area contributed by atoms with Crippen molar-refractivity contribution in [3.05, 3.63) is 26.6 Å². The van der Waals surface area contributed by atoms with Gasteiger partial charge in [-0.3, -0.25) is 0 Å². The molecule has 1 rings (SSSR count). The highest BCUT2D eigenvalue weighted by Gasteiger charge is 2.07. The molecule has 0 unspecified atom stereocenters. The summed E-state index contributed by atoms with van der Waals surface area (Å²) in [5.74, 6) is 0.850. The quantitative estimate of drug-likeness (QED) is 0.577. The Morgan fingerprint density at radius 2 is 1.68 bits per heavy atom. The number of methoxy groups -OCH3 is 1. The lowest BCUT2D eigenvalue weighted by Crippen LogP contribution is -2.14. The van der Waals surface area contributed by atoms with Gasteiger partial charge in [-0.2, -0.15) is 0 Å². The van der Waals surface area contributed by atoms with Gasteiger partial charge in [-0.25, -0.2) is 0 Å². The molecule has 1 N–H and O–H groups in total. The summed E-state index contributed by atoms with van der Waals surface area (Å²) in [6, 6.07) is 4.21. The molecule has 0 amide bonds. The van der Waals surface area contributed by atoms with E-state index in [1.807, 2.05) is 0 Å². The van der Waals surface area contributed by atoms with E-state index >= 15 is 0 Å². The van der Waals surface area contributed by atoms with E-state index in [2.05, 4.69) is 56.2 Å². The minimum Gasteiger partial charge on any atom is -0.494 e. The molecule has 2 nitrogen and oxygen atoms in total. The van der Waals surface area contributed by atoms with Gasteiger partial charge in [-0.1, -0.05) is 32.6 Å². The van der Waals surface area contributed by atoms with E-state index in [1.165, 1.54) is 37.7 Å². The van der Waals surface area contributed by atoms with E-state index in [4.69, 9.17) is 4.74 Å². The van der Waals surface area contributed by atoms with E-state index in [9.17, 15) is 0 Å². The van der Waals surface area contributed by atoms with Crippen molar-refractivity contribution in [3.63, 3.8) is 0 Å². The lowest BCUT2D eigenvalue weighted by molar-refractivity contribution is 0.409. The predicted octanol–water partition coefficient (Wildman–Crippen LogP) is 5.28. The summed E-state index contributed by atoms with van der Waals surface area (Å²) in [6.07, 6.45) is 6.62. The maximum Gasteiger partial charge on any atom is 0.147 e. The summed E-state index contributed by atoms with van der Waals surface area (Å²) < 4.78 is 7.28. The molecule has 19 heavy (non-hydrogen) atoms. The molecule has 0 saturated heterocycles. The van der Waals surface area contributed by atoms with Gasteiger partial charge in [0.25, 0.3) is 0 Å². The van der Waals surface area contributed by atoms with Gasteiger partial charge in [-0.15, -0.1) is 0 Å². The van der Waals surface area contributed by atoms with Crippen molar-refractivity contribution < 1.29 is 4.74 Å². The number of rotatable bonds is 9. The zero-order valence-corrected chi connectivity index (χ0v) is 14.9. The van der Waals surface area contributed by atoms with Crippen LogP contribution in [0.3, 0.4) is 0 Å². The second-order valence-corrected chi connectivity index (χ2v) is 6.39. The van der Waals surface area contributed by atoms with Gasteiger partial charge in [0.15, 0.2) is 0 Å². The van der Waals surface area contributed by atoms with Crippen LogP contribution >= 0.6 is 31.9 Å². The molecule has 0 fully saturated rings. The number of nitrogens with one attached hydrogen (secondary N) is 1. The number of hydrogen-bond acceptors (Lipinski definition) is 2. The third kappa shape index (κ3) is 6.28. The highest BCUT2D eigenvalue weighted by molar-refractivity contribution is 9.11. The van der Waals surface area contributed by atoms with Crippen molar-refractivity contribution >= 4 is 31.9 Å². The number of halogens is 2. The van der Waals surface area contributed by atoms with Crippen LogP contribution in [0.1, 0.15) is 44.6 Å². The van der Waals surface area contributed by atoms with Gasteiger partial charge in [0, 0.05) is 6.54 Å². The van der Waals surface area contributed by atoms with Gasteiger partial charge >= 0.3 is 0 Å². The minimum atomic E-state index is 0.850. The smallest absolute Gasteiger partial charge is 0.147 e. The van der Waals surface area contributed by atoms with E-state index in [0.29, 0.717) is 0 Å². The van der Waals surface area contributed by atoms with E-state index < -0.39 is 0 Å². The molecule has 1 aromatic carbocycles. The lowest BCUT2D eigenvalue weighted by atomic mass is 10.1. The molecular formula is C15H23Br2NO. The summed E-state index contributed by atoms with van der Waals surface area (Å²) in [4.78, 5) is 0. The van der Waals surface area contributed by atoms with Crippen LogP contribution in [0.4, 0.5) is 0 Å². The van der Waals surface area contributed by atoms with Crippen LogP contribution in [0.15, 0.2) is 21.1 Å². The molecule has 0 aromatic heterocycles. The SMILES string of the molecule is CCCCCCCNCc1cc(Br)c(OC)c(Br)c1. The van der Waals surface area contributed by atoms with Crippen molar-refractivity contribution in [1.29, 1.82) is 0 Å². The first kappa shape index (κ1) is 17.0. The van der Waals surface area contributed by atoms with Crippen molar-refractivity contribution in [2.75, 3.05) is 13.7 Å². The molecule has 0 atom stereocenters. The Hall–Kier alpha value is -0.0600. The molecule has 0 spiro atoms. The van der Waals surface area contributed by atoms with Crippen LogP contribution in [0.25, 0.3) is 0 Å². The third-order valence-electron chi connectivity index (χ3n) is 3.05. The summed E-state index contributed by atoms with van der Waals surface area (Å²) >= 11 is 7.05. The largest absolute Gasteiger partial charge is 0.494 e. The Labute approximate surface area is 133 Å². The normalized spacial score (nSPS) is 10.7. The fraction of sp³-hybridized carbons (Fsp3) is 0.600. The fourth-order valence-electron chi connectivity index (χ4n) is 2.00. The Kier molecular flexibility index (Phi) is 8.75. The van der Waals surface area contributed by atoms with Gasteiger partial charge in [0.05, 0.1) is 16.1 Å². The topological polar surface area (TPSA) is 21.3 Å². The Morgan fingerprint density at radius 1 is 1.05 bits per heavy atom. The molecule has 0 aliphatic carbocycles. The van der Waals surface area contributed by atoms with Gasteiger partial charge in [0.1, 0.15) is 5.75 Å². The lowest BCUT2D eigenvalue weighted by Gasteiger charge is -2.10. The molecule has 0 radical (unpaired) electrons. The summed E-state index contributed by atoms with van der Waals surface area (Å²) in [5.41, 5.74) is 1.26. The van der Waals surface area contributed by atoms with E-state index in [-0.39, 0.29) is 0 Å². The Bertz CT molecular complexity index is 359. The second kappa shape index (κ2) is 9.78. The second-order valence-electron chi connectivity index (χ2n) is 4.68. The minimum absolute atomic E-state index is 0.850. The molecule has 0 aliphatic rings. The van der Waals surface area contributed by atoms with Crippen LogP contribution in [0.5, 0.6) is 5.75 Å². The molecule has 0 saturated carbocycles. The molecule has 0 aliphatic heterocycles. The Balaban J connectivity index is 2.30. The maximum absolute atomic E-state index is 5.30. The molecule has 4 heteroatoms. The molecule has 0 bridgehead atoms. The van der Waals surface area contributed by atoms with Crippen LogP contribution in [0, 0.1) is 0 Å². The summed E-state index contributed by atoms with van der Waals surface area (Å²) in [5, 5.41) is 3.49. The highest BCUT2D eigenvalue weighted by Crippen LogP contribution is 2.34. The molecule has 0 heterocycles. The standard InChI is InChI=1S/C15H23Br2NO/c1-3-4-5-6-7-8-18-11-12-9-13(16)15(19-2)14(17)10-12/h9-10,18H,3-8,11H2,1-2H3. The monoisotopic (exact) mass is 391 g/mol. The zero-order chi connectivity index (χ0) is 14.1. The van der Waals surface area contributed by atoms with E-state index in [1.54, 1.807) is 7.11 Å². The number of ether oxygens (including phenoxy) is 1. The zero-order valence-electron chi connectivity index (χ0n) is 11.8. The highest BCUT2D eigenvalue weighted by atomic mass is 79.9. The van der Waals surface area contributed by atoms with Crippen molar-refractivity contribution in [2.45, 2.75) is 45.6 Å². The fourth-order valence-corrected chi connectivity index (χ4v) is 3.60. The molecular weight excluding hydrogens is 370 g/mol. The van der Waals surface area contributed by atoms with E-state index in [0.717, 1.165) is 27.8 Å². The first-order valence-corrected chi connectivity index (χ1v) is 8.50. The first-order valence-electron chi connectivity index (χ1n) is 6.91. The van der Waals surface area contributed by atoms with Crippen LogP contribution in [0.2, 0.25) is 0 Å². The molecule has 108 valence electrons. The van der Waals surface area contributed by atoms with Crippen molar-refractivity contribution in [2.24, 2.45) is 0 Å². The summed E-state index contributed by atoms with van der Waals surface area (Å²) in [6.45, 7) is 4.23. The average Bonchev–Trinajstić information content (AvgIpc) is 2.37. The van der Waals surface area contributed by atoms with Crippen LogP contribution in [-0.2, 0) is 6.54 Å². The number of benzene rings is 1. The summed E-state index contributed by atoms with van der Waals surface area (Å²) in [7, 11) is 1.68. The number of hydrogen-bond donors (Lipinski definition) is 1.